The highest BCUT2D eigenvalue weighted by molar-refractivity contribution is 7.71. The van der Waals surface area contributed by atoms with Gasteiger partial charge in [-0.2, -0.15) is 0 Å². The minimum atomic E-state index is -0.470. The predicted octanol–water partition coefficient (Wildman–Crippen LogP) is 5.13. The third-order valence-corrected chi connectivity index (χ3v) is 3.70. The summed E-state index contributed by atoms with van der Waals surface area (Å²) in [6, 6.07) is 9.90. The first-order valence-electron chi connectivity index (χ1n) is 5.42. The van der Waals surface area contributed by atoms with Crippen LogP contribution in [0, 0.1) is 10.6 Å². The second-order valence-electron chi connectivity index (χ2n) is 4.00. The van der Waals surface area contributed by atoms with Gasteiger partial charge in [0.2, 0.25) is 0 Å². The number of rotatable bonds is 1. The summed E-state index contributed by atoms with van der Waals surface area (Å²) in [5.41, 5.74) is 2.23. The SMILES string of the molecule is Fc1ccc(-n2c(=S)[nH]c3cccc(Cl)c32)cc1Cl. The highest BCUT2D eigenvalue weighted by atomic mass is 35.5. The minimum absolute atomic E-state index is 0.0424. The molecule has 0 aliphatic rings. The molecule has 0 aliphatic heterocycles. The molecule has 2 aromatic carbocycles. The van der Waals surface area contributed by atoms with Gasteiger partial charge in [0.15, 0.2) is 4.77 Å². The van der Waals surface area contributed by atoms with Gasteiger partial charge in [0.25, 0.3) is 0 Å². The summed E-state index contributed by atoms with van der Waals surface area (Å²) in [6.07, 6.45) is 0. The minimum Gasteiger partial charge on any atom is -0.330 e. The lowest BCUT2D eigenvalue weighted by molar-refractivity contribution is 0.628. The van der Waals surface area contributed by atoms with Gasteiger partial charge in [-0.25, -0.2) is 4.39 Å². The molecule has 0 amide bonds. The second-order valence-corrected chi connectivity index (χ2v) is 5.20. The van der Waals surface area contributed by atoms with Crippen molar-refractivity contribution < 1.29 is 4.39 Å². The number of hydrogen-bond acceptors (Lipinski definition) is 1. The summed E-state index contributed by atoms with van der Waals surface area (Å²) >= 11 is 17.3. The molecule has 1 aromatic heterocycles. The van der Waals surface area contributed by atoms with Crippen LogP contribution >= 0.6 is 35.4 Å². The number of halogens is 3. The van der Waals surface area contributed by atoms with Gasteiger partial charge in [-0.15, -0.1) is 0 Å². The van der Waals surface area contributed by atoms with E-state index in [1.54, 1.807) is 16.7 Å². The Morgan fingerprint density at radius 3 is 2.63 bits per heavy atom. The predicted molar refractivity (Wildman–Crippen MR) is 78.4 cm³/mol. The Kier molecular flexibility index (Phi) is 3.09. The van der Waals surface area contributed by atoms with Gasteiger partial charge in [-0.1, -0.05) is 29.3 Å². The Hall–Kier alpha value is -1.36. The van der Waals surface area contributed by atoms with Crippen molar-refractivity contribution in [2.75, 3.05) is 0 Å². The number of aromatic amines is 1. The number of fused-ring (bicyclic) bond motifs is 1. The Bertz CT molecular complexity index is 838. The summed E-state index contributed by atoms with van der Waals surface area (Å²) in [5, 5.41) is 0.603. The van der Waals surface area contributed by atoms with E-state index >= 15 is 0 Å². The van der Waals surface area contributed by atoms with Gasteiger partial charge < -0.3 is 4.98 Å². The number of benzene rings is 2. The molecule has 1 N–H and O–H groups in total. The maximum absolute atomic E-state index is 13.2. The van der Waals surface area contributed by atoms with Gasteiger partial charge >= 0.3 is 0 Å². The maximum Gasteiger partial charge on any atom is 0.182 e. The van der Waals surface area contributed by atoms with Crippen LogP contribution in [0.2, 0.25) is 10.0 Å². The van der Waals surface area contributed by atoms with E-state index in [0.717, 1.165) is 11.0 Å². The van der Waals surface area contributed by atoms with E-state index in [2.05, 4.69) is 4.98 Å². The molecule has 3 aromatic rings. The Labute approximate surface area is 123 Å². The summed E-state index contributed by atoms with van der Waals surface area (Å²) in [7, 11) is 0. The van der Waals surface area contributed by atoms with Crippen LogP contribution in [0.15, 0.2) is 36.4 Å². The van der Waals surface area contributed by atoms with Crippen molar-refractivity contribution in [3.05, 3.63) is 57.0 Å². The number of aromatic nitrogens is 2. The van der Waals surface area contributed by atoms with Crippen LogP contribution in [0.3, 0.4) is 0 Å². The third kappa shape index (κ3) is 2.06. The lowest BCUT2D eigenvalue weighted by atomic mass is 10.2. The molecule has 0 saturated heterocycles. The molecule has 0 fully saturated rings. The Morgan fingerprint density at radius 1 is 1.11 bits per heavy atom. The number of para-hydroxylation sites is 1. The van der Waals surface area contributed by atoms with Gasteiger partial charge in [0, 0.05) is 0 Å². The van der Waals surface area contributed by atoms with Gasteiger partial charge in [0.05, 0.1) is 26.8 Å². The van der Waals surface area contributed by atoms with Crippen LogP contribution in [0.4, 0.5) is 4.39 Å². The standard InChI is InChI=1S/C13H7Cl2FN2S/c14-8-2-1-3-11-12(8)18(13(19)17-11)7-4-5-10(16)9(15)6-7/h1-6H,(H,17,19). The zero-order valence-corrected chi connectivity index (χ0v) is 11.8. The molecule has 3 rings (SSSR count). The molecule has 2 nitrogen and oxygen atoms in total. The third-order valence-electron chi connectivity index (χ3n) is 2.82. The molecule has 96 valence electrons. The number of H-pyrrole nitrogens is 1. The molecular formula is C13H7Cl2FN2S. The summed E-state index contributed by atoms with van der Waals surface area (Å²) in [4.78, 5) is 3.06. The summed E-state index contributed by atoms with van der Waals surface area (Å²) in [5.74, 6) is -0.470. The van der Waals surface area contributed by atoms with Gasteiger partial charge in [-0.05, 0) is 42.5 Å². The monoisotopic (exact) mass is 312 g/mol. The van der Waals surface area contributed by atoms with Crippen LogP contribution in [0.25, 0.3) is 16.7 Å². The second kappa shape index (κ2) is 4.63. The molecule has 0 radical (unpaired) electrons. The fourth-order valence-electron chi connectivity index (χ4n) is 1.99. The molecule has 0 spiro atoms. The van der Waals surface area contributed by atoms with Crippen molar-refractivity contribution in [2.24, 2.45) is 0 Å². The van der Waals surface area contributed by atoms with E-state index < -0.39 is 5.82 Å². The Morgan fingerprint density at radius 2 is 1.89 bits per heavy atom. The molecule has 0 aliphatic carbocycles. The van der Waals surface area contributed by atoms with E-state index in [1.807, 2.05) is 12.1 Å². The average molecular weight is 313 g/mol. The van der Waals surface area contributed by atoms with E-state index in [4.69, 9.17) is 35.4 Å². The lowest BCUT2D eigenvalue weighted by Crippen LogP contribution is -1.95. The Balaban J connectivity index is 2.39. The molecule has 6 heteroatoms. The maximum atomic E-state index is 13.2. The van der Waals surface area contributed by atoms with Crippen LogP contribution < -0.4 is 0 Å². The molecule has 0 unspecified atom stereocenters. The van der Waals surface area contributed by atoms with Crippen molar-refractivity contribution in [1.29, 1.82) is 0 Å². The van der Waals surface area contributed by atoms with Crippen LogP contribution in [-0.2, 0) is 0 Å². The molecular weight excluding hydrogens is 306 g/mol. The van der Waals surface area contributed by atoms with Crippen molar-refractivity contribution >= 4 is 46.5 Å². The van der Waals surface area contributed by atoms with E-state index in [-0.39, 0.29) is 5.02 Å². The highest BCUT2D eigenvalue weighted by Crippen LogP contribution is 2.28. The number of nitrogens with one attached hydrogen (secondary N) is 1. The highest BCUT2D eigenvalue weighted by Gasteiger charge is 2.11. The van der Waals surface area contributed by atoms with E-state index in [0.29, 0.717) is 15.5 Å². The smallest absolute Gasteiger partial charge is 0.182 e. The topological polar surface area (TPSA) is 20.7 Å². The van der Waals surface area contributed by atoms with Crippen molar-refractivity contribution in [3.8, 4) is 5.69 Å². The number of hydrogen-bond donors (Lipinski definition) is 1. The largest absolute Gasteiger partial charge is 0.330 e. The number of nitrogens with zero attached hydrogens (tertiary/aromatic N) is 1. The molecule has 1 heterocycles. The van der Waals surface area contributed by atoms with Crippen LogP contribution in [0.5, 0.6) is 0 Å². The molecule has 19 heavy (non-hydrogen) atoms. The summed E-state index contributed by atoms with van der Waals surface area (Å²) in [6.45, 7) is 0. The van der Waals surface area contributed by atoms with Crippen LogP contribution in [0.1, 0.15) is 0 Å². The van der Waals surface area contributed by atoms with E-state index in [1.165, 1.54) is 12.1 Å². The first-order valence-corrected chi connectivity index (χ1v) is 6.59. The number of imidazole rings is 1. The fraction of sp³-hybridized carbons (Fsp3) is 0. The quantitative estimate of drug-likeness (QED) is 0.617. The zero-order chi connectivity index (χ0) is 13.6. The zero-order valence-electron chi connectivity index (χ0n) is 9.45. The van der Waals surface area contributed by atoms with Crippen LogP contribution in [-0.4, -0.2) is 9.55 Å². The first-order chi connectivity index (χ1) is 9.08. The first kappa shape index (κ1) is 12.7. The van der Waals surface area contributed by atoms with Gasteiger partial charge in [-0.3, -0.25) is 4.57 Å². The molecule has 0 bridgehead atoms. The summed E-state index contributed by atoms with van der Waals surface area (Å²) < 4.78 is 15.4. The lowest BCUT2D eigenvalue weighted by Gasteiger charge is -2.06. The normalized spacial score (nSPS) is 11.1. The van der Waals surface area contributed by atoms with Crippen molar-refractivity contribution in [2.45, 2.75) is 0 Å². The molecule has 0 atom stereocenters. The van der Waals surface area contributed by atoms with Gasteiger partial charge in [0.1, 0.15) is 5.82 Å². The molecule has 0 saturated carbocycles. The van der Waals surface area contributed by atoms with E-state index in [9.17, 15) is 4.39 Å². The fourth-order valence-corrected chi connectivity index (χ4v) is 2.73. The average Bonchev–Trinajstić information content (AvgIpc) is 2.70. The van der Waals surface area contributed by atoms with Crippen molar-refractivity contribution in [1.82, 2.24) is 9.55 Å². The van der Waals surface area contributed by atoms with Crippen molar-refractivity contribution in [3.63, 3.8) is 0 Å².